The molecule has 4 aromatic rings. The van der Waals surface area contributed by atoms with Gasteiger partial charge >= 0.3 is 5.97 Å². The molecule has 192 valence electrons. The third kappa shape index (κ3) is 7.26. The zero-order chi connectivity index (χ0) is 26.4. The first-order valence-electron chi connectivity index (χ1n) is 12.7. The van der Waals surface area contributed by atoms with Crippen molar-refractivity contribution in [2.45, 2.75) is 44.9 Å². The summed E-state index contributed by atoms with van der Waals surface area (Å²) in [5, 5.41) is 25.6. The van der Waals surface area contributed by atoms with Crippen LogP contribution in [-0.4, -0.2) is 41.0 Å². The van der Waals surface area contributed by atoms with Crippen molar-refractivity contribution in [1.29, 1.82) is 0 Å². The van der Waals surface area contributed by atoms with Gasteiger partial charge in [0, 0.05) is 12.1 Å². The third-order valence-corrected chi connectivity index (χ3v) is 6.66. The Bertz CT molecular complexity index is 1330. The number of fused-ring (bicyclic) bond motifs is 1. The summed E-state index contributed by atoms with van der Waals surface area (Å²) in [4.78, 5) is 11.0. The quantitative estimate of drug-likeness (QED) is 0.228. The molecular weight excluding hydrogens is 462 g/mol. The van der Waals surface area contributed by atoms with Crippen molar-refractivity contribution >= 4 is 16.7 Å². The Balaban J connectivity index is 1.25. The lowest BCUT2D eigenvalue weighted by atomic mass is 9.93. The molecular formula is C32H35NO4. The summed E-state index contributed by atoms with van der Waals surface area (Å²) in [5.74, 6) is -0.932. The van der Waals surface area contributed by atoms with Crippen molar-refractivity contribution < 1.29 is 19.7 Å². The Morgan fingerprint density at radius 3 is 2.16 bits per heavy atom. The van der Waals surface area contributed by atoms with E-state index in [4.69, 9.17) is 9.84 Å². The lowest BCUT2D eigenvalue weighted by Crippen LogP contribution is -2.46. The van der Waals surface area contributed by atoms with Crippen LogP contribution in [0.25, 0.3) is 21.9 Å². The minimum Gasteiger partial charge on any atom is -0.478 e. The van der Waals surface area contributed by atoms with Gasteiger partial charge in [0.15, 0.2) is 0 Å². The first-order chi connectivity index (χ1) is 17.7. The summed E-state index contributed by atoms with van der Waals surface area (Å²) < 4.78 is 5.95. The molecule has 0 aliphatic heterocycles. The summed E-state index contributed by atoms with van der Waals surface area (Å²) in [7, 11) is 0. The second-order valence-electron chi connectivity index (χ2n) is 10.3. The van der Waals surface area contributed by atoms with Crippen LogP contribution in [0.5, 0.6) is 0 Å². The van der Waals surface area contributed by atoms with E-state index < -0.39 is 12.1 Å². The van der Waals surface area contributed by atoms with Crippen molar-refractivity contribution in [2.24, 2.45) is 0 Å². The fourth-order valence-corrected chi connectivity index (χ4v) is 4.48. The molecule has 5 nitrogen and oxygen atoms in total. The number of β-amino-alcohol motifs (C(OH)–C–C–N with tert-alkyl or cyclic N) is 1. The number of aliphatic hydroxyl groups excluding tert-OH is 1. The number of carbonyl (C=O) groups is 1. The van der Waals surface area contributed by atoms with Gasteiger partial charge in [-0.25, -0.2) is 4.79 Å². The molecule has 1 unspecified atom stereocenters. The molecule has 0 heterocycles. The van der Waals surface area contributed by atoms with E-state index >= 15 is 0 Å². The van der Waals surface area contributed by atoms with Crippen molar-refractivity contribution in [2.75, 3.05) is 13.2 Å². The fraction of sp³-hybridized carbons (Fsp3) is 0.281. The number of aromatic carboxylic acids is 1. The molecule has 4 rings (SSSR count). The first kappa shape index (κ1) is 26.6. The highest BCUT2D eigenvalue weighted by Gasteiger charge is 2.20. The van der Waals surface area contributed by atoms with E-state index in [9.17, 15) is 9.90 Å². The predicted molar refractivity (Wildman–Crippen MR) is 149 cm³/mol. The van der Waals surface area contributed by atoms with Crippen LogP contribution >= 0.6 is 0 Å². The minimum absolute atomic E-state index is 0.163. The van der Waals surface area contributed by atoms with Gasteiger partial charge < -0.3 is 20.3 Å². The third-order valence-electron chi connectivity index (χ3n) is 6.66. The molecule has 0 saturated heterocycles. The second-order valence-corrected chi connectivity index (χ2v) is 10.3. The molecule has 0 bridgehead atoms. The van der Waals surface area contributed by atoms with Gasteiger partial charge in [0.2, 0.25) is 0 Å². The summed E-state index contributed by atoms with van der Waals surface area (Å²) in [6.45, 7) is 6.95. The summed E-state index contributed by atoms with van der Waals surface area (Å²) in [6, 6.07) is 29.8. The molecule has 37 heavy (non-hydrogen) atoms. The van der Waals surface area contributed by atoms with E-state index in [-0.39, 0.29) is 23.8 Å². The number of hydrogen-bond acceptors (Lipinski definition) is 4. The molecule has 0 spiro atoms. The molecule has 0 amide bonds. The maximum absolute atomic E-state index is 11.0. The Morgan fingerprint density at radius 2 is 1.51 bits per heavy atom. The van der Waals surface area contributed by atoms with Crippen molar-refractivity contribution in [3.63, 3.8) is 0 Å². The van der Waals surface area contributed by atoms with Gasteiger partial charge in [-0.05, 0) is 72.4 Å². The molecule has 2 atom stereocenters. The molecule has 0 saturated carbocycles. The lowest BCUT2D eigenvalue weighted by molar-refractivity contribution is -0.00417. The zero-order valence-corrected chi connectivity index (χ0v) is 21.6. The van der Waals surface area contributed by atoms with E-state index in [1.54, 1.807) is 12.1 Å². The topological polar surface area (TPSA) is 78.8 Å². The molecule has 0 radical (unpaired) electrons. The number of hydrogen-bond donors (Lipinski definition) is 3. The Morgan fingerprint density at radius 1 is 0.892 bits per heavy atom. The van der Waals surface area contributed by atoms with Crippen LogP contribution in [0, 0.1) is 0 Å². The smallest absolute Gasteiger partial charge is 0.335 e. The average molecular weight is 498 g/mol. The number of nitrogens with one attached hydrogen (secondary N) is 1. The number of benzene rings is 4. The highest BCUT2D eigenvalue weighted by Crippen LogP contribution is 2.24. The van der Waals surface area contributed by atoms with Crippen molar-refractivity contribution in [1.82, 2.24) is 5.32 Å². The van der Waals surface area contributed by atoms with E-state index in [0.29, 0.717) is 6.54 Å². The molecule has 0 aromatic heterocycles. The van der Waals surface area contributed by atoms with E-state index in [0.717, 1.165) is 23.1 Å². The van der Waals surface area contributed by atoms with Gasteiger partial charge in [0.1, 0.15) is 0 Å². The van der Waals surface area contributed by atoms with Crippen LogP contribution in [0.4, 0.5) is 0 Å². The number of aliphatic hydroxyl groups is 1. The number of rotatable bonds is 11. The predicted octanol–water partition coefficient (Wildman–Crippen LogP) is 6.25. The Hall–Kier alpha value is -3.51. The van der Waals surface area contributed by atoms with E-state index in [1.165, 1.54) is 16.3 Å². The molecule has 4 aromatic carbocycles. The van der Waals surface area contributed by atoms with Crippen LogP contribution in [-0.2, 0) is 11.2 Å². The maximum Gasteiger partial charge on any atom is 0.335 e. The second kappa shape index (κ2) is 11.7. The maximum atomic E-state index is 11.0. The average Bonchev–Trinajstić information content (AvgIpc) is 2.90. The van der Waals surface area contributed by atoms with Gasteiger partial charge in [-0.15, -0.1) is 0 Å². The lowest BCUT2D eigenvalue weighted by Gasteiger charge is -2.28. The first-order valence-corrected chi connectivity index (χ1v) is 12.7. The van der Waals surface area contributed by atoms with Crippen molar-refractivity contribution in [3.8, 4) is 11.1 Å². The fourth-order valence-electron chi connectivity index (χ4n) is 4.48. The number of ether oxygens (including phenoxy) is 1. The Labute approximate surface area is 218 Å². The summed E-state index contributed by atoms with van der Waals surface area (Å²) in [6.07, 6.45) is 0.0711. The highest BCUT2D eigenvalue weighted by molar-refractivity contribution is 5.88. The van der Waals surface area contributed by atoms with Gasteiger partial charge in [0.25, 0.3) is 0 Å². The summed E-state index contributed by atoms with van der Waals surface area (Å²) >= 11 is 0. The van der Waals surface area contributed by atoms with Crippen molar-refractivity contribution in [3.05, 3.63) is 108 Å². The van der Waals surface area contributed by atoms with Gasteiger partial charge in [-0.2, -0.15) is 0 Å². The van der Waals surface area contributed by atoms with E-state index in [2.05, 4.69) is 61.6 Å². The minimum atomic E-state index is -0.932. The normalized spacial score (nSPS) is 13.4. The van der Waals surface area contributed by atoms with Crippen LogP contribution < -0.4 is 5.32 Å². The summed E-state index contributed by atoms with van der Waals surface area (Å²) in [5.41, 5.74) is 4.34. The van der Waals surface area contributed by atoms with Gasteiger partial charge in [-0.3, -0.25) is 0 Å². The molecule has 0 aliphatic rings. The number of carboxylic acid groups (broad SMARTS) is 1. The SMILES string of the molecule is CC(OC[C@H](O)CNC(C)(C)Cc1ccc2ccccc2c1)c1ccc(-c2ccc(C(=O)O)cc2)cc1. The molecule has 0 aliphatic carbocycles. The number of carboxylic acids is 1. The largest absolute Gasteiger partial charge is 0.478 e. The van der Waals surface area contributed by atoms with Crippen LogP contribution in [0.2, 0.25) is 0 Å². The molecule has 3 N–H and O–H groups in total. The zero-order valence-electron chi connectivity index (χ0n) is 21.6. The van der Waals surface area contributed by atoms with Crippen LogP contribution in [0.15, 0.2) is 91.0 Å². The van der Waals surface area contributed by atoms with Crippen LogP contribution in [0.1, 0.15) is 48.4 Å². The van der Waals surface area contributed by atoms with Crippen LogP contribution in [0.3, 0.4) is 0 Å². The van der Waals surface area contributed by atoms with Gasteiger partial charge in [-0.1, -0.05) is 78.9 Å². The monoisotopic (exact) mass is 497 g/mol. The molecule has 5 heteroatoms. The molecule has 0 fully saturated rings. The van der Waals surface area contributed by atoms with E-state index in [1.807, 2.05) is 43.3 Å². The standard InChI is InChI=1S/C32H35NO4/c1-22(24-10-12-26(13-11-24)27-14-16-28(17-15-27)31(35)36)37-21-30(34)20-33-32(2,3)19-23-8-9-25-6-4-5-7-29(25)18-23/h4-18,22,30,33-34H,19-21H2,1-3H3,(H,35,36)/t22?,30-/m1/s1. The highest BCUT2D eigenvalue weighted by atomic mass is 16.5. The van der Waals surface area contributed by atoms with Gasteiger partial charge in [0.05, 0.1) is 24.4 Å². The Kier molecular flexibility index (Phi) is 8.39.